The Hall–Kier alpha value is -2.14. The van der Waals surface area contributed by atoms with Crippen LogP contribution in [0.1, 0.15) is 18.9 Å². The molecule has 0 aromatic heterocycles. The fourth-order valence-corrected chi connectivity index (χ4v) is 2.40. The summed E-state index contributed by atoms with van der Waals surface area (Å²) in [6.45, 7) is 3.34. The van der Waals surface area contributed by atoms with Crippen LogP contribution < -0.4 is 10.6 Å². The molecule has 0 spiro atoms. The molecule has 0 unspecified atom stereocenters. The van der Waals surface area contributed by atoms with E-state index in [1.165, 1.54) is 18.2 Å². The molecule has 1 aromatic carbocycles. The maximum absolute atomic E-state index is 11.9. The van der Waals surface area contributed by atoms with E-state index < -0.39 is 6.03 Å². The quantitative estimate of drug-likeness (QED) is 0.888. The van der Waals surface area contributed by atoms with Gasteiger partial charge in [0.25, 0.3) is 0 Å². The van der Waals surface area contributed by atoms with Gasteiger partial charge in [-0.1, -0.05) is 36.4 Å². The molecule has 0 saturated carbocycles. The number of urea groups is 1. The number of imide groups is 1. The summed E-state index contributed by atoms with van der Waals surface area (Å²) in [4.78, 5) is 25.2. The molecule has 0 saturated heterocycles. The lowest BCUT2D eigenvalue weighted by Crippen LogP contribution is -2.50. The van der Waals surface area contributed by atoms with Crippen LogP contribution in [-0.2, 0) is 4.79 Å². The first kappa shape index (κ1) is 15.3. The zero-order valence-electron chi connectivity index (χ0n) is 12.4. The van der Waals surface area contributed by atoms with E-state index in [1.54, 1.807) is 0 Å². The van der Waals surface area contributed by atoms with Crippen molar-refractivity contribution in [2.45, 2.75) is 19.4 Å². The first-order valence-electron chi connectivity index (χ1n) is 7.13. The van der Waals surface area contributed by atoms with Crippen LogP contribution in [0.2, 0.25) is 0 Å². The standard InChI is InChI=1S/C16H21N3O2/c1-12(15(20)18-16(21)17-2)19-10-8-14(9-11-19)13-6-4-3-5-7-13/h3-8,12H,9-11H2,1-2H3,(H2,17,18,20,21)/t12-/m1/s1. The molecule has 0 bridgehead atoms. The molecule has 2 N–H and O–H groups in total. The Morgan fingerprint density at radius 2 is 1.95 bits per heavy atom. The number of benzene rings is 1. The van der Waals surface area contributed by atoms with Gasteiger partial charge in [-0.05, 0) is 24.5 Å². The van der Waals surface area contributed by atoms with Crippen molar-refractivity contribution in [1.82, 2.24) is 15.5 Å². The molecule has 1 aliphatic rings. The lowest BCUT2D eigenvalue weighted by Gasteiger charge is -2.30. The van der Waals surface area contributed by atoms with Gasteiger partial charge in [0.1, 0.15) is 0 Å². The largest absolute Gasteiger partial charge is 0.341 e. The molecule has 5 nitrogen and oxygen atoms in total. The highest BCUT2D eigenvalue weighted by Crippen LogP contribution is 2.22. The third-order valence-electron chi connectivity index (χ3n) is 3.78. The minimum atomic E-state index is -0.468. The number of rotatable bonds is 3. The summed E-state index contributed by atoms with van der Waals surface area (Å²) >= 11 is 0. The van der Waals surface area contributed by atoms with Crippen molar-refractivity contribution in [3.05, 3.63) is 42.0 Å². The maximum atomic E-state index is 11.9. The molecule has 1 aromatic rings. The Kier molecular flexibility index (Phi) is 5.11. The van der Waals surface area contributed by atoms with Crippen LogP contribution in [0.5, 0.6) is 0 Å². The van der Waals surface area contributed by atoms with Crippen LogP contribution in [0.25, 0.3) is 5.57 Å². The summed E-state index contributed by atoms with van der Waals surface area (Å²) in [6, 6.07) is 9.47. The van der Waals surface area contributed by atoms with Gasteiger partial charge in [0.2, 0.25) is 5.91 Å². The molecule has 112 valence electrons. The predicted molar refractivity (Wildman–Crippen MR) is 82.7 cm³/mol. The minimum absolute atomic E-state index is 0.272. The van der Waals surface area contributed by atoms with Gasteiger partial charge in [0.05, 0.1) is 6.04 Å². The second-order valence-corrected chi connectivity index (χ2v) is 5.08. The Morgan fingerprint density at radius 3 is 2.52 bits per heavy atom. The summed E-state index contributed by atoms with van der Waals surface area (Å²) < 4.78 is 0. The van der Waals surface area contributed by atoms with Crippen molar-refractivity contribution < 1.29 is 9.59 Å². The molecule has 21 heavy (non-hydrogen) atoms. The first-order chi connectivity index (χ1) is 10.1. The molecular formula is C16H21N3O2. The first-order valence-corrected chi connectivity index (χ1v) is 7.13. The summed E-state index contributed by atoms with van der Waals surface area (Å²) in [5, 5.41) is 4.70. The van der Waals surface area contributed by atoms with E-state index in [0.717, 1.165) is 13.0 Å². The topological polar surface area (TPSA) is 61.4 Å². The number of carbonyl (C=O) groups is 2. The van der Waals surface area contributed by atoms with Gasteiger partial charge in [-0.25, -0.2) is 4.79 Å². The molecular weight excluding hydrogens is 266 g/mol. The number of carbonyl (C=O) groups excluding carboxylic acids is 2. The Balaban J connectivity index is 1.95. The summed E-state index contributed by atoms with van der Waals surface area (Å²) in [6.07, 6.45) is 3.06. The number of amides is 3. The van der Waals surface area contributed by atoms with Crippen molar-refractivity contribution >= 4 is 17.5 Å². The van der Waals surface area contributed by atoms with Crippen molar-refractivity contribution in [3.63, 3.8) is 0 Å². The number of hydrogen-bond donors (Lipinski definition) is 2. The van der Waals surface area contributed by atoms with E-state index in [-0.39, 0.29) is 11.9 Å². The zero-order chi connectivity index (χ0) is 15.2. The molecule has 0 radical (unpaired) electrons. The van der Waals surface area contributed by atoms with E-state index in [4.69, 9.17) is 0 Å². The average molecular weight is 287 g/mol. The van der Waals surface area contributed by atoms with E-state index in [2.05, 4.69) is 33.7 Å². The van der Waals surface area contributed by atoms with Crippen molar-refractivity contribution in [2.75, 3.05) is 20.1 Å². The van der Waals surface area contributed by atoms with E-state index in [0.29, 0.717) is 6.54 Å². The molecule has 0 aliphatic carbocycles. The fourth-order valence-electron chi connectivity index (χ4n) is 2.40. The lowest BCUT2D eigenvalue weighted by molar-refractivity contribution is -0.124. The van der Waals surface area contributed by atoms with Gasteiger partial charge in [-0.15, -0.1) is 0 Å². The molecule has 1 aliphatic heterocycles. The monoisotopic (exact) mass is 287 g/mol. The molecule has 3 amide bonds. The van der Waals surface area contributed by atoms with Crippen LogP contribution in [0, 0.1) is 0 Å². The molecule has 5 heteroatoms. The smallest absolute Gasteiger partial charge is 0.321 e. The second kappa shape index (κ2) is 7.04. The van der Waals surface area contributed by atoms with Crippen LogP contribution in [0.15, 0.2) is 36.4 Å². The molecule has 2 rings (SSSR count). The maximum Gasteiger partial charge on any atom is 0.321 e. The van der Waals surface area contributed by atoms with Crippen LogP contribution in [0.4, 0.5) is 4.79 Å². The van der Waals surface area contributed by atoms with Gasteiger partial charge in [0, 0.05) is 20.1 Å². The highest BCUT2D eigenvalue weighted by Gasteiger charge is 2.24. The summed E-state index contributed by atoms with van der Waals surface area (Å²) in [7, 11) is 1.49. The third kappa shape index (κ3) is 3.92. The summed E-state index contributed by atoms with van der Waals surface area (Å²) in [5.74, 6) is -0.272. The number of nitrogens with one attached hydrogen (secondary N) is 2. The highest BCUT2D eigenvalue weighted by atomic mass is 16.2. The zero-order valence-corrected chi connectivity index (χ0v) is 12.4. The summed E-state index contributed by atoms with van der Waals surface area (Å²) in [5.41, 5.74) is 2.55. The van der Waals surface area contributed by atoms with Crippen molar-refractivity contribution in [2.24, 2.45) is 0 Å². The second-order valence-electron chi connectivity index (χ2n) is 5.08. The fraction of sp³-hybridized carbons (Fsp3) is 0.375. The van der Waals surface area contributed by atoms with Gasteiger partial charge >= 0.3 is 6.03 Å². The normalized spacial score (nSPS) is 16.8. The van der Waals surface area contributed by atoms with E-state index in [1.807, 2.05) is 25.1 Å². The Morgan fingerprint density at radius 1 is 1.24 bits per heavy atom. The van der Waals surface area contributed by atoms with Crippen molar-refractivity contribution in [3.8, 4) is 0 Å². The van der Waals surface area contributed by atoms with Gasteiger partial charge < -0.3 is 5.32 Å². The Labute approximate surface area is 125 Å². The Bertz CT molecular complexity index is 540. The number of hydrogen-bond acceptors (Lipinski definition) is 3. The molecule has 1 heterocycles. The van der Waals surface area contributed by atoms with Gasteiger partial charge in [0.15, 0.2) is 0 Å². The van der Waals surface area contributed by atoms with Gasteiger partial charge in [-0.2, -0.15) is 0 Å². The number of nitrogens with zero attached hydrogens (tertiary/aromatic N) is 1. The van der Waals surface area contributed by atoms with Crippen molar-refractivity contribution in [1.29, 1.82) is 0 Å². The molecule has 0 fully saturated rings. The van der Waals surface area contributed by atoms with Crippen LogP contribution >= 0.6 is 0 Å². The lowest BCUT2D eigenvalue weighted by atomic mass is 9.99. The van der Waals surface area contributed by atoms with Crippen LogP contribution in [-0.4, -0.2) is 43.0 Å². The van der Waals surface area contributed by atoms with E-state index in [9.17, 15) is 9.59 Å². The predicted octanol–water partition coefficient (Wildman–Crippen LogP) is 1.62. The average Bonchev–Trinajstić information content (AvgIpc) is 2.55. The highest BCUT2D eigenvalue weighted by molar-refractivity contribution is 5.96. The molecule has 1 atom stereocenters. The third-order valence-corrected chi connectivity index (χ3v) is 3.78. The SMILES string of the molecule is CNC(=O)NC(=O)[C@@H](C)N1CC=C(c2ccccc2)CC1. The minimum Gasteiger partial charge on any atom is -0.341 e. The van der Waals surface area contributed by atoms with Crippen LogP contribution in [0.3, 0.4) is 0 Å². The van der Waals surface area contributed by atoms with Gasteiger partial charge in [-0.3, -0.25) is 15.0 Å². The van der Waals surface area contributed by atoms with E-state index >= 15 is 0 Å².